The van der Waals surface area contributed by atoms with Gasteiger partial charge in [-0.25, -0.2) is 4.98 Å². The molecule has 2 rings (SSSR count). The van der Waals surface area contributed by atoms with Crippen LogP contribution in [0.25, 0.3) is 0 Å². The Labute approximate surface area is 96.1 Å². The molecular weight excluding hydrogens is 203 g/mol. The van der Waals surface area contributed by atoms with Gasteiger partial charge < -0.3 is 14.9 Å². The lowest BCUT2D eigenvalue weighted by molar-refractivity contribution is 0.425. The van der Waals surface area contributed by atoms with Crippen molar-refractivity contribution >= 4 is 18.4 Å². The summed E-state index contributed by atoms with van der Waals surface area (Å²) in [4.78, 5) is 6.50. The van der Waals surface area contributed by atoms with Crippen LogP contribution in [-0.4, -0.2) is 35.2 Å². The molecule has 0 saturated carbocycles. The van der Waals surface area contributed by atoms with Crippen molar-refractivity contribution < 1.29 is 10.0 Å². The number of aromatic nitrogens is 1. The Kier molecular flexibility index (Phi) is 3.46. The van der Waals surface area contributed by atoms with Crippen LogP contribution in [0.15, 0.2) is 18.3 Å². The number of anilines is 1. The molecule has 1 saturated heterocycles. The minimum Gasteiger partial charge on any atom is -0.423 e. The molecule has 4 nitrogen and oxygen atoms in total. The van der Waals surface area contributed by atoms with E-state index in [9.17, 15) is 0 Å². The second-order valence-electron chi connectivity index (χ2n) is 4.49. The highest BCUT2D eigenvalue weighted by atomic mass is 16.4. The molecular formula is C11H17BN2O2. The van der Waals surface area contributed by atoms with Gasteiger partial charge >= 0.3 is 7.12 Å². The Morgan fingerprint density at radius 3 is 2.50 bits per heavy atom. The summed E-state index contributed by atoms with van der Waals surface area (Å²) >= 11 is 0. The third kappa shape index (κ3) is 2.54. The van der Waals surface area contributed by atoms with Crippen LogP contribution >= 0.6 is 0 Å². The van der Waals surface area contributed by atoms with E-state index < -0.39 is 7.12 Å². The zero-order valence-electron chi connectivity index (χ0n) is 9.50. The maximum atomic E-state index is 8.96. The van der Waals surface area contributed by atoms with E-state index in [4.69, 9.17) is 10.0 Å². The molecule has 1 aliphatic rings. The number of pyridine rings is 1. The van der Waals surface area contributed by atoms with Gasteiger partial charge in [-0.1, -0.05) is 13.0 Å². The highest BCUT2D eigenvalue weighted by Gasteiger charge is 2.17. The van der Waals surface area contributed by atoms with Crippen LogP contribution in [-0.2, 0) is 0 Å². The average Bonchev–Trinajstić information content (AvgIpc) is 2.30. The minimum atomic E-state index is -1.43. The Morgan fingerprint density at radius 1 is 1.31 bits per heavy atom. The summed E-state index contributed by atoms with van der Waals surface area (Å²) in [5, 5.41) is 17.9. The molecule has 0 unspecified atom stereocenters. The van der Waals surface area contributed by atoms with Gasteiger partial charge in [0, 0.05) is 24.7 Å². The molecule has 1 aromatic heterocycles. The van der Waals surface area contributed by atoms with E-state index in [0.29, 0.717) is 5.46 Å². The third-order valence-corrected chi connectivity index (χ3v) is 3.18. The number of nitrogens with zero attached hydrogens (tertiary/aromatic N) is 2. The second kappa shape index (κ2) is 4.85. The fourth-order valence-electron chi connectivity index (χ4n) is 1.97. The van der Waals surface area contributed by atoms with Crippen LogP contribution in [0.1, 0.15) is 19.8 Å². The van der Waals surface area contributed by atoms with Crippen LogP contribution in [0.4, 0.5) is 5.82 Å². The summed E-state index contributed by atoms with van der Waals surface area (Å²) in [6.45, 7) is 4.35. The summed E-state index contributed by atoms with van der Waals surface area (Å²) in [5.41, 5.74) is 0.439. The van der Waals surface area contributed by atoms with Crippen molar-refractivity contribution in [3.05, 3.63) is 18.3 Å². The number of rotatable bonds is 2. The largest absolute Gasteiger partial charge is 0.490 e. The molecule has 16 heavy (non-hydrogen) atoms. The Bertz CT molecular complexity index is 334. The highest BCUT2D eigenvalue weighted by molar-refractivity contribution is 6.58. The highest BCUT2D eigenvalue weighted by Crippen LogP contribution is 2.20. The molecule has 86 valence electrons. The molecule has 1 aromatic rings. The van der Waals surface area contributed by atoms with Gasteiger partial charge in [0.2, 0.25) is 0 Å². The monoisotopic (exact) mass is 220 g/mol. The molecule has 2 heterocycles. The van der Waals surface area contributed by atoms with Crippen molar-refractivity contribution in [1.82, 2.24) is 4.98 Å². The van der Waals surface area contributed by atoms with Crippen LogP contribution in [0.5, 0.6) is 0 Å². The van der Waals surface area contributed by atoms with E-state index in [1.807, 2.05) is 6.07 Å². The molecule has 0 radical (unpaired) electrons. The Hall–Kier alpha value is -1.07. The predicted octanol–water partition coefficient (Wildman–Crippen LogP) is -0.00230. The maximum absolute atomic E-state index is 8.96. The molecule has 0 aromatic carbocycles. The normalized spacial score (nSPS) is 17.6. The number of piperidine rings is 1. The van der Waals surface area contributed by atoms with Gasteiger partial charge in [-0.05, 0) is 24.8 Å². The first-order valence-electron chi connectivity index (χ1n) is 5.74. The van der Waals surface area contributed by atoms with E-state index in [0.717, 1.165) is 24.8 Å². The molecule has 0 spiro atoms. The SMILES string of the molecule is CC1CCN(c2ccc(B(O)O)cn2)CC1. The summed E-state index contributed by atoms with van der Waals surface area (Å²) in [5.74, 6) is 1.73. The zero-order valence-corrected chi connectivity index (χ0v) is 9.50. The summed E-state index contributed by atoms with van der Waals surface area (Å²) in [6, 6.07) is 3.57. The van der Waals surface area contributed by atoms with E-state index in [1.54, 1.807) is 6.07 Å². The van der Waals surface area contributed by atoms with Crippen molar-refractivity contribution in [3.8, 4) is 0 Å². The zero-order chi connectivity index (χ0) is 11.5. The van der Waals surface area contributed by atoms with Crippen molar-refractivity contribution in [3.63, 3.8) is 0 Å². The standard InChI is InChI=1S/C11H17BN2O2/c1-9-4-6-14(7-5-9)11-3-2-10(8-13-11)12(15)16/h2-3,8-9,15-16H,4-7H2,1H3. The van der Waals surface area contributed by atoms with Gasteiger partial charge in [-0.3, -0.25) is 0 Å². The van der Waals surface area contributed by atoms with Crippen LogP contribution < -0.4 is 10.4 Å². The summed E-state index contributed by atoms with van der Waals surface area (Å²) in [6.07, 6.45) is 3.93. The molecule has 1 fully saturated rings. The minimum absolute atomic E-state index is 0.439. The molecule has 0 amide bonds. The molecule has 0 atom stereocenters. The molecule has 5 heteroatoms. The van der Waals surface area contributed by atoms with Crippen molar-refractivity contribution in [2.24, 2.45) is 5.92 Å². The topological polar surface area (TPSA) is 56.6 Å². The molecule has 2 N–H and O–H groups in total. The van der Waals surface area contributed by atoms with Crippen LogP contribution in [0.3, 0.4) is 0 Å². The fourth-order valence-corrected chi connectivity index (χ4v) is 1.97. The Morgan fingerprint density at radius 2 is 2.00 bits per heavy atom. The number of hydrogen-bond acceptors (Lipinski definition) is 4. The van der Waals surface area contributed by atoms with Gasteiger partial charge in [-0.15, -0.1) is 0 Å². The first-order chi connectivity index (χ1) is 7.66. The smallest absolute Gasteiger partial charge is 0.423 e. The van der Waals surface area contributed by atoms with Crippen LogP contribution in [0, 0.1) is 5.92 Å². The van der Waals surface area contributed by atoms with E-state index >= 15 is 0 Å². The fraction of sp³-hybridized carbons (Fsp3) is 0.545. The average molecular weight is 220 g/mol. The van der Waals surface area contributed by atoms with Gasteiger partial charge in [0.15, 0.2) is 0 Å². The second-order valence-corrected chi connectivity index (χ2v) is 4.49. The predicted molar refractivity (Wildman–Crippen MR) is 64.7 cm³/mol. The van der Waals surface area contributed by atoms with Gasteiger partial charge in [0.05, 0.1) is 0 Å². The van der Waals surface area contributed by atoms with Crippen molar-refractivity contribution in [1.29, 1.82) is 0 Å². The van der Waals surface area contributed by atoms with Gasteiger partial charge in [0.25, 0.3) is 0 Å². The third-order valence-electron chi connectivity index (χ3n) is 3.18. The quantitative estimate of drug-likeness (QED) is 0.688. The summed E-state index contributed by atoms with van der Waals surface area (Å²) in [7, 11) is -1.43. The summed E-state index contributed by atoms with van der Waals surface area (Å²) < 4.78 is 0. The first kappa shape index (κ1) is 11.4. The lowest BCUT2D eigenvalue weighted by atomic mass is 9.82. The lowest BCUT2D eigenvalue weighted by Gasteiger charge is -2.31. The first-order valence-corrected chi connectivity index (χ1v) is 5.74. The van der Waals surface area contributed by atoms with Crippen molar-refractivity contribution in [2.75, 3.05) is 18.0 Å². The van der Waals surface area contributed by atoms with E-state index in [1.165, 1.54) is 19.0 Å². The molecule has 1 aliphatic heterocycles. The Balaban J connectivity index is 2.04. The van der Waals surface area contributed by atoms with Crippen LogP contribution in [0.2, 0.25) is 0 Å². The van der Waals surface area contributed by atoms with Gasteiger partial charge in [0.1, 0.15) is 5.82 Å². The van der Waals surface area contributed by atoms with Crippen molar-refractivity contribution in [2.45, 2.75) is 19.8 Å². The molecule has 0 aliphatic carbocycles. The maximum Gasteiger partial charge on any atom is 0.490 e. The number of hydrogen-bond donors (Lipinski definition) is 2. The lowest BCUT2D eigenvalue weighted by Crippen LogP contribution is -2.35. The van der Waals surface area contributed by atoms with E-state index in [2.05, 4.69) is 16.8 Å². The van der Waals surface area contributed by atoms with Gasteiger partial charge in [-0.2, -0.15) is 0 Å². The van der Waals surface area contributed by atoms with E-state index in [-0.39, 0.29) is 0 Å². The molecule has 0 bridgehead atoms.